The maximum absolute atomic E-state index is 12.7. The Hall–Kier alpha value is -2.19. The standard InChI is InChI=1S/C19H28N6O2/c1-24-18-15(17(23-24)19(26)21-14-6-8-20-9-7-14)4-5-16(22-18)27-13-12-25-10-2-3-11-25/h4-5,14,20H,2-3,6-13H2,1H3,(H,21,26). The van der Waals surface area contributed by atoms with Gasteiger partial charge in [-0.25, -0.2) is 4.68 Å². The van der Waals surface area contributed by atoms with Crippen molar-refractivity contribution in [1.82, 2.24) is 30.3 Å². The van der Waals surface area contributed by atoms with Gasteiger partial charge in [-0.1, -0.05) is 0 Å². The average Bonchev–Trinajstić information content (AvgIpc) is 3.31. The number of amides is 1. The van der Waals surface area contributed by atoms with Crippen molar-refractivity contribution in [3.05, 3.63) is 17.8 Å². The Morgan fingerprint density at radius 1 is 1.30 bits per heavy atom. The van der Waals surface area contributed by atoms with Crippen molar-refractivity contribution >= 4 is 16.9 Å². The van der Waals surface area contributed by atoms with E-state index < -0.39 is 0 Å². The molecule has 0 aliphatic carbocycles. The second kappa shape index (κ2) is 8.22. The number of carbonyl (C=O) groups excluding carboxylic acids is 1. The largest absolute Gasteiger partial charge is 0.476 e. The number of ether oxygens (including phenoxy) is 1. The summed E-state index contributed by atoms with van der Waals surface area (Å²) in [6.45, 7) is 5.75. The number of carbonyl (C=O) groups is 1. The van der Waals surface area contributed by atoms with Gasteiger partial charge in [0.1, 0.15) is 6.61 Å². The lowest BCUT2D eigenvalue weighted by atomic mass is 10.1. The molecular formula is C19H28N6O2. The third kappa shape index (κ3) is 4.22. The normalized spacial score (nSPS) is 18.9. The third-order valence-electron chi connectivity index (χ3n) is 5.41. The summed E-state index contributed by atoms with van der Waals surface area (Å²) in [5, 5.41) is 11.6. The summed E-state index contributed by atoms with van der Waals surface area (Å²) in [5.41, 5.74) is 1.10. The number of rotatable bonds is 6. The van der Waals surface area contributed by atoms with Gasteiger partial charge in [-0.3, -0.25) is 9.69 Å². The van der Waals surface area contributed by atoms with Crippen LogP contribution in [0, 0.1) is 0 Å². The van der Waals surface area contributed by atoms with E-state index in [9.17, 15) is 4.79 Å². The number of likely N-dealkylation sites (tertiary alicyclic amines) is 1. The van der Waals surface area contributed by atoms with Crippen LogP contribution in [0.5, 0.6) is 5.88 Å². The number of aryl methyl sites for hydroxylation is 1. The van der Waals surface area contributed by atoms with E-state index in [1.54, 1.807) is 4.68 Å². The zero-order chi connectivity index (χ0) is 18.6. The molecule has 0 aromatic carbocycles. The second-order valence-corrected chi connectivity index (χ2v) is 7.39. The van der Waals surface area contributed by atoms with Crippen molar-refractivity contribution in [2.24, 2.45) is 7.05 Å². The first-order chi connectivity index (χ1) is 13.2. The molecule has 2 fully saturated rings. The quantitative estimate of drug-likeness (QED) is 0.785. The Morgan fingerprint density at radius 2 is 2.07 bits per heavy atom. The molecule has 4 heterocycles. The molecule has 0 bridgehead atoms. The SMILES string of the molecule is Cn1nc(C(=O)NC2CCNCC2)c2ccc(OCCN3CCCC3)nc21. The van der Waals surface area contributed by atoms with E-state index in [4.69, 9.17) is 4.74 Å². The van der Waals surface area contributed by atoms with E-state index in [0.29, 0.717) is 23.8 Å². The molecule has 27 heavy (non-hydrogen) atoms. The summed E-state index contributed by atoms with van der Waals surface area (Å²) < 4.78 is 7.47. The average molecular weight is 372 g/mol. The first-order valence-corrected chi connectivity index (χ1v) is 9.91. The smallest absolute Gasteiger partial charge is 0.272 e. The highest BCUT2D eigenvalue weighted by molar-refractivity contribution is 6.04. The van der Waals surface area contributed by atoms with Crippen LogP contribution in [0.15, 0.2) is 12.1 Å². The van der Waals surface area contributed by atoms with Gasteiger partial charge in [0.2, 0.25) is 5.88 Å². The summed E-state index contributed by atoms with van der Waals surface area (Å²) in [4.78, 5) is 19.6. The van der Waals surface area contributed by atoms with Gasteiger partial charge in [0.15, 0.2) is 11.3 Å². The third-order valence-corrected chi connectivity index (χ3v) is 5.41. The Balaban J connectivity index is 1.42. The maximum atomic E-state index is 12.7. The molecule has 4 rings (SSSR count). The van der Waals surface area contributed by atoms with Crippen LogP contribution >= 0.6 is 0 Å². The fourth-order valence-electron chi connectivity index (χ4n) is 3.87. The highest BCUT2D eigenvalue weighted by Crippen LogP contribution is 2.20. The monoisotopic (exact) mass is 372 g/mol. The molecule has 2 aromatic heterocycles. The van der Waals surface area contributed by atoms with Crippen molar-refractivity contribution in [3.8, 4) is 5.88 Å². The van der Waals surface area contributed by atoms with Gasteiger partial charge in [-0.05, 0) is 57.9 Å². The highest BCUT2D eigenvalue weighted by Gasteiger charge is 2.21. The van der Waals surface area contributed by atoms with Crippen LogP contribution < -0.4 is 15.4 Å². The first kappa shape index (κ1) is 18.2. The Bertz CT molecular complexity index is 793. The van der Waals surface area contributed by atoms with Gasteiger partial charge < -0.3 is 15.4 Å². The van der Waals surface area contributed by atoms with Crippen LogP contribution in [0.1, 0.15) is 36.2 Å². The lowest BCUT2D eigenvalue weighted by Crippen LogP contribution is -2.42. The van der Waals surface area contributed by atoms with Gasteiger partial charge >= 0.3 is 0 Å². The van der Waals surface area contributed by atoms with E-state index in [0.717, 1.165) is 51.0 Å². The number of hydrogen-bond acceptors (Lipinski definition) is 6. The summed E-state index contributed by atoms with van der Waals surface area (Å²) in [6.07, 6.45) is 4.45. The Morgan fingerprint density at radius 3 is 2.85 bits per heavy atom. The van der Waals surface area contributed by atoms with E-state index in [1.807, 2.05) is 19.2 Å². The minimum absolute atomic E-state index is 0.128. The van der Waals surface area contributed by atoms with Crippen LogP contribution in [0.2, 0.25) is 0 Å². The number of fused-ring (bicyclic) bond motifs is 1. The van der Waals surface area contributed by atoms with Crippen molar-refractivity contribution in [2.75, 3.05) is 39.3 Å². The van der Waals surface area contributed by atoms with Gasteiger partial charge in [0.25, 0.3) is 5.91 Å². The number of nitrogens with one attached hydrogen (secondary N) is 2. The number of piperidine rings is 1. The number of pyridine rings is 1. The van der Waals surface area contributed by atoms with Gasteiger partial charge in [0.05, 0.1) is 5.39 Å². The van der Waals surface area contributed by atoms with Crippen molar-refractivity contribution in [2.45, 2.75) is 31.7 Å². The molecule has 2 aliphatic heterocycles. The zero-order valence-electron chi connectivity index (χ0n) is 15.9. The summed E-state index contributed by atoms with van der Waals surface area (Å²) in [7, 11) is 1.81. The molecule has 146 valence electrons. The molecule has 2 aliphatic rings. The second-order valence-electron chi connectivity index (χ2n) is 7.39. The number of aromatic nitrogens is 3. The van der Waals surface area contributed by atoms with E-state index in [2.05, 4.69) is 25.6 Å². The predicted octanol–water partition coefficient (Wildman–Crippen LogP) is 0.925. The van der Waals surface area contributed by atoms with Crippen LogP contribution in [0.3, 0.4) is 0 Å². The molecule has 0 unspecified atom stereocenters. The van der Waals surface area contributed by atoms with Crippen molar-refractivity contribution in [1.29, 1.82) is 0 Å². The summed E-state index contributed by atoms with van der Waals surface area (Å²) in [5.74, 6) is 0.451. The van der Waals surface area contributed by atoms with Crippen LogP contribution in [-0.4, -0.2) is 70.9 Å². The summed E-state index contributed by atoms with van der Waals surface area (Å²) >= 11 is 0. The number of hydrogen-bond donors (Lipinski definition) is 2. The minimum Gasteiger partial charge on any atom is -0.476 e. The van der Waals surface area contributed by atoms with Crippen molar-refractivity contribution in [3.63, 3.8) is 0 Å². The maximum Gasteiger partial charge on any atom is 0.272 e. The molecule has 1 amide bonds. The molecular weight excluding hydrogens is 344 g/mol. The topological polar surface area (TPSA) is 84.3 Å². The fraction of sp³-hybridized carbons (Fsp3) is 0.632. The van der Waals surface area contributed by atoms with Gasteiger partial charge in [0, 0.05) is 25.7 Å². The molecule has 2 saturated heterocycles. The molecule has 2 aromatic rings. The molecule has 8 nitrogen and oxygen atoms in total. The van der Waals surface area contributed by atoms with Crippen LogP contribution in [0.25, 0.3) is 11.0 Å². The molecule has 0 spiro atoms. The predicted molar refractivity (Wildman–Crippen MR) is 103 cm³/mol. The molecule has 0 atom stereocenters. The lowest BCUT2D eigenvalue weighted by Gasteiger charge is -2.23. The lowest BCUT2D eigenvalue weighted by molar-refractivity contribution is 0.0925. The zero-order valence-corrected chi connectivity index (χ0v) is 15.9. The van der Waals surface area contributed by atoms with Gasteiger partial charge in [-0.15, -0.1) is 0 Å². The van der Waals surface area contributed by atoms with Gasteiger partial charge in [-0.2, -0.15) is 10.1 Å². The van der Waals surface area contributed by atoms with Crippen molar-refractivity contribution < 1.29 is 9.53 Å². The minimum atomic E-state index is -0.128. The highest BCUT2D eigenvalue weighted by atomic mass is 16.5. The van der Waals surface area contributed by atoms with Crippen LogP contribution in [0.4, 0.5) is 0 Å². The summed E-state index contributed by atoms with van der Waals surface area (Å²) in [6, 6.07) is 3.92. The Labute approximate surface area is 159 Å². The number of nitrogens with zero attached hydrogens (tertiary/aromatic N) is 4. The molecule has 8 heteroatoms. The molecule has 0 radical (unpaired) electrons. The Kier molecular flexibility index (Phi) is 5.54. The van der Waals surface area contributed by atoms with E-state index in [-0.39, 0.29) is 11.9 Å². The van der Waals surface area contributed by atoms with E-state index in [1.165, 1.54) is 12.8 Å². The molecule has 0 saturated carbocycles. The first-order valence-electron chi connectivity index (χ1n) is 9.91. The van der Waals surface area contributed by atoms with E-state index >= 15 is 0 Å². The molecule has 2 N–H and O–H groups in total. The van der Waals surface area contributed by atoms with Crippen LogP contribution in [-0.2, 0) is 7.05 Å². The fourth-order valence-corrected chi connectivity index (χ4v) is 3.87.